The van der Waals surface area contributed by atoms with Crippen molar-refractivity contribution in [2.45, 2.75) is 46.8 Å². The van der Waals surface area contributed by atoms with Crippen molar-refractivity contribution in [3.8, 4) is 11.9 Å². The SMILES string of the molecule is Cc1c(C(=O)c2oc3ccc(Cl)cc3c2C)c(O)n(CCCOC(C)C)c(=O)c1C#N. The highest BCUT2D eigenvalue weighted by molar-refractivity contribution is 6.31. The molecular formula is C23H23ClN2O5. The largest absolute Gasteiger partial charge is 0.494 e. The summed E-state index contributed by atoms with van der Waals surface area (Å²) in [7, 11) is 0. The average Bonchev–Trinajstić information content (AvgIpc) is 3.03. The van der Waals surface area contributed by atoms with Gasteiger partial charge in [-0.2, -0.15) is 5.26 Å². The lowest BCUT2D eigenvalue weighted by Crippen LogP contribution is -2.27. The van der Waals surface area contributed by atoms with Crippen LogP contribution in [0.2, 0.25) is 5.02 Å². The first-order valence-corrected chi connectivity index (χ1v) is 10.3. The van der Waals surface area contributed by atoms with Gasteiger partial charge in [0.15, 0.2) is 5.76 Å². The molecule has 0 spiro atoms. The summed E-state index contributed by atoms with van der Waals surface area (Å²) < 4.78 is 12.3. The molecule has 0 atom stereocenters. The highest BCUT2D eigenvalue weighted by atomic mass is 35.5. The van der Waals surface area contributed by atoms with Crippen LogP contribution in [0.4, 0.5) is 0 Å². The zero-order valence-electron chi connectivity index (χ0n) is 17.8. The van der Waals surface area contributed by atoms with E-state index in [1.165, 1.54) is 6.92 Å². The highest BCUT2D eigenvalue weighted by Crippen LogP contribution is 2.32. The maximum absolute atomic E-state index is 13.4. The number of carbonyl (C=O) groups excluding carboxylic acids is 1. The number of nitrogens with zero attached hydrogens (tertiary/aromatic N) is 2. The predicted molar refractivity (Wildman–Crippen MR) is 117 cm³/mol. The summed E-state index contributed by atoms with van der Waals surface area (Å²) in [5, 5.41) is 21.5. The van der Waals surface area contributed by atoms with Gasteiger partial charge >= 0.3 is 0 Å². The Morgan fingerprint density at radius 3 is 2.68 bits per heavy atom. The lowest BCUT2D eigenvalue weighted by Gasteiger charge is -2.15. The fraction of sp³-hybridized carbons (Fsp3) is 0.348. The van der Waals surface area contributed by atoms with Crippen LogP contribution in [0.5, 0.6) is 5.88 Å². The van der Waals surface area contributed by atoms with Gasteiger partial charge in [0.1, 0.15) is 17.2 Å². The van der Waals surface area contributed by atoms with E-state index in [1.807, 2.05) is 19.9 Å². The number of fused-ring (bicyclic) bond motifs is 1. The van der Waals surface area contributed by atoms with E-state index in [9.17, 15) is 20.0 Å². The van der Waals surface area contributed by atoms with Crippen LogP contribution in [-0.2, 0) is 11.3 Å². The maximum atomic E-state index is 13.4. The lowest BCUT2D eigenvalue weighted by atomic mass is 9.98. The number of aromatic nitrogens is 1. The highest BCUT2D eigenvalue weighted by Gasteiger charge is 2.28. The fourth-order valence-electron chi connectivity index (χ4n) is 3.50. The van der Waals surface area contributed by atoms with Crippen molar-refractivity contribution < 1.29 is 19.1 Å². The molecule has 0 aliphatic carbocycles. The molecule has 0 saturated heterocycles. The Balaban J connectivity index is 2.11. The number of aryl methyl sites for hydroxylation is 1. The van der Waals surface area contributed by atoms with Crippen LogP contribution in [0.15, 0.2) is 27.4 Å². The van der Waals surface area contributed by atoms with Gasteiger partial charge in [-0.05, 0) is 57.9 Å². The van der Waals surface area contributed by atoms with E-state index in [0.717, 1.165) is 4.57 Å². The van der Waals surface area contributed by atoms with Crippen molar-refractivity contribution in [2.24, 2.45) is 0 Å². The number of ether oxygens (including phenoxy) is 1. The van der Waals surface area contributed by atoms with Gasteiger partial charge in [0, 0.05) is 29.1 Å². The standard InChI is InChI=1S/C23H23ClN2O5/c1-12(2)30-9-5-8-26-22(28)17(11-25)13(3)19(23(26)29)20(27)21-14(4)16-10-15(24)6-7-18(16)31-21/h6-7,10,12,29H,5,8-9H2,1-4H3. The van der Waals surface area contributed by atoms with Gasteiger partial charge in [0.2, 0.25) is 11.7 Å². The zero-order chi connectivity index (χ0) is 22.9. The molecule has 0 amide bonds. The van der Waals surface area contributed by atoms with Crippen LogP contribution in [0.3, 0.4) is 0 Å². The Morgan fingerprint density at radius 1 is 1.32 bits per heavy atom. The number of carbonyl (C=O) groups is 1. The van der Waals surface area contributed by atoms with Crippen LogP contribution in [0.25, 0.3) is 11.0 Å². The van der Waals surface area contributed by atoms with Gasteiger partial charge in [0.25, 0.3) is 5.56 Å². The lowest BCUT2D eigenvalue weighted by molar-refractivity contribution is 0.0743. The quantitative estimate of drug-likeness (QED) is 0.427. The number of halogens is 1. The van der Waals surface area contributed by atoms with E-state index in [4.69, 9.17) is 20.8 Å². The first-order valence-electron chi connectivity index (χ1n) is 9.88. The molecule has 8 heteroatoms. The van der Waals surface area contributed by atoms with E-state index >= 15 is 0 Å². The van der Waals surface area contributed by atoms with Crippen LogP contribution >= 0.6 is 11.6 Å². The Morgan fingerprint density at radius 2 is 2.03 bits per heavy atom. The van der Waals surface area contributed by atoms with E-state index < -0.39 is 17.2 Å². The molecule has 0 aliphatic heterocycles. The van der Waals surface area contributed by atoms with Gasteiger partial charge in [0.05, 0.1) is 11.7 Å². The van der Waals surface area contributed by atoms with Crippen molar-refractivity contribution in [1.29, 1.82) is 5.26 Å². The van der Waals surface area contributed by atoms with Crippen molar-refractivity contribution in [3.05, 3.63) is 61.6 Å². The fourth-order valence-corrected chi connectivity index (χ4v) is 3.67. The third-order valence-electron chi connectivity index (χ3n) is 5.11. The molecular weight excluding hydrogens is 420 g/mol. The minimum absolute atomic E-state index is 0.0212. The molecule has 2 aromatic heterocycles. The molecule has 2 heterocycles. The molecule has 0 radical (unpaired) electrons. The van der Waals surface area contributed by atoms with Gasteiger partial charge in [-0.25, -0.2) is 0 Å². The van der Waals surface area contributed by atoms with Gasteiger partial charge in [-0.1, -0.05) is 11.6 Å². The Bertz CT molecular complexity index is 1260. The molecule has 7 nitrogen and oxygen atoms in total. The Hall–Kier alpha value is -3.08. The monoisotopic (exact) mass is 442 g/mol. The number of rotatable bonds is 7. The Labute approximate surface area is 184 Å². The second-order valence-corrected chi connectivity index (χ2v) is 8.00. The normalized spacial score (nSPS) is 11.3. The maximum Gasteiger partial charge on any atom is 0.271 e. The van der Waals surface area contributed by atoms with Crippen LogP contribution in [0, 0.1) is 25.2 Å². The first kappa shape index (κ1) is 22.6. The first-order chi connectivity index (χ1) is 14.7. The summed E-state index contributed by atoms with van der Waals surface area (Å²) >= 11 is 6.05. The van der Waals surface area contributed by atoms with E-state index in [2.05, 4.69) is 0 Å². The molecule has 3 rings (SSSR count). The molecule has 0 unspecified atom stereocenters. The summed E-state index contributed by atoms with van der Waals surface area (Å²) in [6.45, 7) is 7.43. The number of aromatic hydroxyl groups is 1. The summed E-state index contributed by atoms with van der Waals surface area (Å²) in [5.74, 6) is -1.08. The van der Waals surface area contributed by atoms with Crippen molar-refractivity contribution >= 4 is 28.4 Å². The van der Waals surface area contributed by atoms with Crippen LogP contribution in [0.1, 0.15) is 53.1 Å². The predicted octanol–water partition coefficient (Wildman–Crippen LogP) is 4.49. The minimum Gasteiger partial charge on any atom is -0.494 e. The number of benzene rings is 1. The van der Waals surface area contributed by atoms with Crippen molar-refractivity contribution in [2.75, 3.05) is 6.61 Å². The van der Waals surface area contributed by atoms with E-state index in [0.29, 0.717) is 34.6 Å². The minimum atomic E-state index is -0.647. The summed E-state index contributed by atoms with van der Waals surface area (Å²) in [5.41, 5.74) is 0.177. The smallest absolute Gasteiger partial charge is 0.271 e. The van der Waals surface area contributed by atoms with Crippen molar-refractivity contribution in [3.63, 3.8) is 0 Å². The molecule has 162 valence electrons. The van der Waals surface area contributed by atoms with Gasteiger partial charge < -0.3 is 14.3 Å². The molecule has 31 heavy (non-hydrogen) atoms. The average molecular weight is 443 g/mol. The number of hydrogen-bond acceptors (Lipinski definition) is 6. The zero-order valence-corrected chi connectivity index (χ0v) is 18.5. The third-order valence-corrected chi connectivity index (χ3v) is 5.34. The van der Waals surface area contributed by atoms with Gasteiger partial charge in [-0.3, -0.25) is 14.2 Å². The summed E-state index contributed by atoms with van der Waals surface area (Å²) in [6.07, 6.45) is 0.453. The number of nitriles is 1. The molecule has 0 fully saturated rings. The van der Waals surface area contributed by atoms with Gasteiger partial charge in [-0.15, -0.1) is 0 Å². The molecule has 1 N–H and O–H groups in total. The van der Waals surface area contributed by atoms with Crippen molar-refractivity contribution in [1.82, 2.24) is 4.57 Å². The number of ketones is 1. The van der Waals surface area contributed by atoms with Crippen LogP contribution in [-0.4, -0.2) is 28.2 Å². The van der Waals surface area contributed by atoms with E-state index in [-0.39, 0.29) is 35.1 Å². The summed E-state index contributed by atoms with van der Waals surface area (Å²) in [4.78, 5) is 26.1. The number of pyridine rings is 1. The number of furan rings is 1. The molecule has 0 saturated carbocycles. The van der Waals surface area contributed by atoms with Crippen LogP contribution < -0.4 is 5.56 Å². The molecule has 1 aromatic carbocycles. The second kappa shape index (κ2) is 8.96. The molecule has 0 aliphatic rings. The topological polar surface area (TPSA) is 105 Å². The Kier molecular flexibility index (Phi) is 6.54. The molecule has 0 bridgehead atoms. The summed E-state index contributed by atoms with van der Waals surface area (Å²) in [6, 6.07) is 6.86. The third kappa shape index (κ3) is 4.22. The molecule has 3 aromatic rings. The second-order valence-electron chi connectivity index (χ2n) is 7.57. The number of hydrogen-bond donors (Lipinski definition) is 1. The van der Waals surface area contributed by atoms with E-state index in [1.54, 1.807) is 25.1 Å².